The average molecular weight is 592 g/mol. The van der Waals surface area contributed by atoms with Gasteiger partial charge in [-0.15, -0.1) is 0 Å². The number of methoxy groups -OCH3 is 2. The fraction of sp³-hybridized carbons (Fsp3) is 0.152. The van der Waals surface area contributed by atoms with E-state index >= 15 is 0 Å². The normalized spacial score (nSPS) is 11.1. The van der Waals surface area contributed by atoms with Crippen LogP contribution in [0.4, 0.5) is 23.0 Å². The van der Waals surface area contributed by atoms with Gasteiger partial charge in [0, 0.05) is 59.1 Å². The number of rotatable bonds is 11. The first-order valence-corrected chi connectivity index (χ1v) is 13.8. The third kappa shape index (κ3) is 7.20. The number of ether oxygens (including phenoxy) is 2. The van der Waals surface area contributed by atoms with E-state index in [2.05, 4.69) is 20.9 Å². The molecule has 0 aliphatic carbocycles. The van der Waals surface area contributed by atoms with E-state index in [0.29, 0.717) is 52.4 Å². The van der Waals surface area contributed by atoms with Crippen LogP contribution in [0.15, 0.2) is 97.3 Å². The predicted molar refractivity (Wildman–Crippen MR) is 172 cm³/mol. The molecule has 0 radical (unpaired) electrons. The largest absolute Gasteiger partial charge is 0.493 e. The van der Waals surface area contributed by atoms with Crippen molar-refractivity contribution in [1.82, 2.24) is 19.4 Å². The van der Waals surface area contributed by atoms with Gasteiger partial charge in [0.15, 0.2) is 11.5 Å². The summed E-state index contributed by atoms with van der Waals surface area (Å²) in [6.45, 7) is 0.650. The lowest BCUT2D eigenvalue weighted by Crippen LogP contribution is -2.14. The Balaban J connectivity index is 1.28. The molecule has 0 aliphatic heterocycles. The summed E-state index contributed by atoms with van der Waals surface area (Å²) in [5.41, 5.74) is 3.10. The van der Waals surface area contributed by atoms with Crippen LogP contribution >= 0.6 is 0 Å². The summed E-state index contributed by atoms with van der Waals surface area (Å²) in [6, 6.07) is 21.6. The Morgan fingerprint density at radius 1 is 0.886 bits per heavy atom. The van der Waals surface area contributed by atoms with Crippen molar-refractivity contribution in [3.8, 4) is 17.3 Å². The van der Waals surface area contributed by atoms with Crippen molar-refractivity contribution in [2.75, 3.05) is 50.8 Å². The predicted octanol–water partition coefficient (Wildman–Crippen LogP) is 5.49. The smallest absolute Gasteiger partial charge is 0.255 e. The summed E-state index contributed by atoms with van der Waals surface area (Å²) in [6.07, 6.45) is 6.84. The van der Waals surface area contributed by atoms with Gasteiger partial charge in [-0.1, -0.05) is 18.2 Å². The Hall–Kier alpha value is -5.68. The van der Waals surface area contributed by atoms with Crippen molar-refractivity contribution in [2.24, 2.45) is 0 Å². The van der Waals surface area contributed by atoms with Crippen LogP contribution in [0.1, 0.15) is 10.4 Å². The summed E-state index contributed by atoms with van der Waals surface area (Å²) in [5.74, 6) is 1.74. The highest BCUT2D eigenvalue weighted by Crippen LogP contribution is 2.33. The maximum Gasteiger partial charge on any atom is 0.255 e. The number of anilines is 4. The molecule has 11 heteroatoms. The second-order valence-corrected chi connectivity index (χ2v) is 10.1. The minimum absolute atomic E-state index is 0.264. The standard InChI is InChI=1S/C33H33N7O4/c1-39(2)16-7-12-31(41)35-24-9-5-8-23(18-24)32(42)36-25-10-6-11-26(20-25)37-33-34-15-13-30(38-33)40-17-14-22-19-28(43-3)29(44-4)21-27(22)40/h5-15,17-21H,16H2,1-4H3,(H,35,41)(H,36,42)(H,34,37,38). The Morgan fingerprint density at radius 2 is 1.61 bits per heavy atom. The molecule has 44 heavy (non-hydrogen) atoms. The molecule has 5 aromatic rings. The molecular weight excluding hydrogens is 558 g/mol. The van der Waals surface area contributed by atoms with Crippen LogP contribution in [-0.2, 0) is 4.79 Å². The highest BCUT2D eigenvalue weighted by atomic mass is 16.5. The second-order valence-electron chi connectivity index (χ2n) is 10.1. The number of hydrogen-bond donors (Lipinski definition) is 3. The number of nitrogens with zero attached hydrogens (tertiary/aromatic N) is 4. The van der Waals surface area contributed by atoms with Gasteiger partial charge in [-0.05, 0) is 68.7 Å². The molecular formula is C33H33N7O4. The van der Waals surface area contributed by atoms with E-state index in [0.717, 1.165) is 10.9 Å². The fourth-order valence-corrected chi connectivity index (χ4v) is 4.50. The van der Waals surface area contributed by atoms with Gasteiger partial charge < -0.3 is 34.9 Å². The molecule has 2 amide bonds. The SMILES string of the molecule is COc1cc2ccn(-c3ccnc(Nc4cccc(NC(=O)c5cccc(NC(=O)C=CCN(C)C)c5)c4)n3)c2cc1OC. The molecule has 0 spiro atoms. The van der Waals surface area contributed by atoms with Crippen LogP contribution in [0, 0.1) is 0 Å². The monoisotopic (exact) mass is 591 g/mol. The van der Waals surface area contributed by atoms with E-state index in [4.69, 9.17) is 14.5 Å². The molecule has 0 atom stereocenters. The van der Waals surface area contributed by atoms with Gasteiger partial charge in [0.1, 0.15) is 5.82 Å². The quantitative estimate of drug-likeness (QED) is 0.172. The molecule has 0 saturated carbocycles. The second kappa shape index (κ2) is 13.5. The molecule has 0 bridgehead atoms. The lowest BCUT2D eigenvalue weighted by Gasteiger charge is -2.12. The van der Waals surface area contributed by atoms with E-state index in [-0.39, 0.29) is 11.8 Å². The van der Waals surface area contributed by atoms with Crippen LogP contribution in [0.3, 0.4) is 0 Å². The highest BCUT2D eigenvalue weighted by molar-refractivity contribution is 6.06. The zero-order valence-corrected chi connectivity index (χ0v) is 24.9. The first kappa shape index (κ1) is 29.8. The van der Waals surface area contributed by atoms with E-state index in [1.807, 2.05) is 66.2 Å². The van der Waals surface area contributed by atoms with Crippen LogP contribution in [0.2, 0.25) is 0 Å². The summed E-state index contributed by atoms with van der Waals surface area (Å²) < 4.78 is 12.8. The molecule has 0 aliphatic rings. The third-order valence-corrected chi connectivity index (χ3v) is 6.59. The first-order valence-electron chi connectivity index (χ1n) is 13.8. The maximum absolute atomic E-state index is 13.0. The van der Waals surface area contributed by atoms with E-state index in [1.54, 1.807) is 62.9 Å². The van der Waals surface area contributed by atoms with E-state index < -0.39 is 0 Å². The number of aromatic nitrogens is 3. The van der Waals surface area contributed by atoms with Gasteiger partial charge in [0.05, 0.1) is 19.7 Å². The average Bonchev–Trinajstić information content (AvgIpc) is 3.43. The molecule has 3 aromatic carbocycles. The summed E-state index contributed by atoms with van der Waals surface area (Å²) in [7, 11) is 7.05. The van der Waals surface area contributed by atoms with Gasteiger partial charge in [-0.3, -0.25) is 9.59 Å². The summed E-state index contributed by atoms with van der Waals surface area (Å²) in [5, 5.41) is 9.88. The topological polar surface area (TPSA) is 123 Å². The van der Waals surface area contributed by atoms with Gasteiger partial charge >= 0.3 is 0 Å². The van der Waals surface area contributed by atoms with Gasteiger partial charge in [-0.2, -0.15) is 4.98 Å². The Labute approximate surface area is 255 Å². The number of hydrogen-bond acceptors (Lipinski definition) is 8. The van der Waals surface area contributed by atoms with E-state index in [9.17, 15) is 9.59 Å². The maximum atomic E-state index is 13.0. The molecule has 0 saturated heterocycles. The van der Waals surface area contributed by atoms with Crippen molar-refractivity contribution in [1.29, 1.82) is 0 Å². The van der Waals surface area contributed by atoms with Crippen molar-refractivity contribution in [3.63, 3.8) is 0 Å². The molecule has 11 nitrogen and oxygen atoms in total. The van der Waals surface area contributed by atoms with Crippen LogP contribution < -0.4 is 25.4 Å². The van der Waals surface area contributed by atoms with Crippen LogP contribution in [0.5, 0.6) is 11.5 Å². The number of carbonyl (C=O) groups excluding carboxylic acids is 2. The van der Waals surface area contributed by atoms with Crippen molar-refractivity contribution in [3.05, 3.63) is 103 Å². The fourth-order valence-electron chi connectivity index (χ4n) is 4.50. The first-order chi connectivity index (χ1) is 21.3. The molecule has 224 valence electrons. The van der Waals surface area contributed by atoms with Crippen LogP contribution in [-0.4, -0.2) is 66.1 Å². The number of carbonyl (C=O) groups is 2. The van der Waals surface area contributed by atoms with Crippen molar-refractivity contribution < 1.29 is 19.1 Å². The summed E-state index contributed by atoms with van der Waals surface area (Å²) >= 11 is 0. The van der Waals surface area contributed by atoms with Gasteiger partial charge in [0.2, 0.25) is 11.9 Å². The number of fused-ring (bicyclic) bond motifs is 1. The number of nitrogens with one attached hydrogen (secondary N) is 3. The minimum Gasteiger partial charge on any atom is -0.493 e. The molecule has 2 heterocycles. The van der Waals surface area contributed by atoms with Crippen molar-refractivity contribution >= 4 is 45.7 Å². The number of likely N-dealkylation sites (N-methyl/N-ethyl adjacent to an activating group) is 1. The Kier molecular flexibility index (Phi) is 9.16. The Morgan fingerprint density at radius 3 is 2.39 bits per heavy atom. The number of amides is 2. The third-order valence-electron chi connectivity index (χ3n) is 6.59. The van der Waals surface area contributed by atoms with E-state index in [1.165, 1.54) is 6.08 Å². The molecule has 3 N–H and O–H groups in total. The molecule has 0 fully saturated rings. The minimum atomic E-state index is -0.314. The molecule has 5 rings (SSSR count). The van der Waals surface area contributed by atoms with Crippen LogP contribution in [0.25, 0.3) is 16.7 Å². The summed E-state index contributed by atoms with van der Waals surface area (Å²) in [4.78, 5) is 36.3. The van der Waals surface area contributed by atoms with Crippen molar-refractivity contribution in [2.45, 2.75) is 0 Å². The lowest BCUT2D eigenvalue weighted by molar-refractivity contribution is -0.111. The molecule has 2 aromatic heterocycles. The van der Waals surface area contributed by atoms with Gasteiger partial charge in [0.25, 0.3) is 5.91 Å². The highest BCUT2D eigenvalue weighted by Gasteiger charge is 2.12. The van der Waals surface area contributed by atoms with Gasteiger partial charge in [-0.25, -0.2) is 4.98 Å². The number of benzene rings is 3. The Bertz CT molecular complexity index is 1830. The lowest BCUT2D eigenvalue weighted by atomic mass is 10.1. The molecule has 0 unspecified atom stereocenters. The zero-order valence-electron chi connectivity index (χ0n) is 24.9. The zero-order chi connectivity index (χ0) is 31.1.